The molecule has 0 aliphatic rings. The van der Waals surface area contributed by atoms with Crippen molar-refractivity contribution in [2.45, 2.75) is 37.6 Å². The quantitative estimate of drug-likeness (QED) is 0.777. The summed E-state index contributed by atoms with van der Waals surface area (Å²) in [6.45, 7) is 6.25. The second kappa shape index (κ2) is 5.42. The van der Waals surface area contributed by atoms with Gasteiger partial charge in [-0.25, -0.2) is 12.7 Å². The summed E-state index contributed by atoms with van der Waals surface area (Å²) >= 11 is 5.82. The number of sulfonamides is 1. The van der Waals surface area contributed by atoms with Crippen molar-refractivity contribution < 1.29 is 8.42 Å². The van der Waals surface area contributed by atoms with Gasteiger partial charge in [-0.2, -0.15) is 0 Å². The van der Waals surface area contributed by atoms with E-state index in [1.165, 1.54) is 4.31 Å². The molecule has 0 N–H and O–H groups in total. The maximum Gasteiger partial charge on any atom is 0.244 e. The van der Waals surface area contributed by atoms with Crippen molar-refractivity contribution in [1.29, 1.82) is 0 Å². The van der Waals surface area contributed by atoms with Crippen molar-refractivity contribution in [1.82, 2.24) is 8.87 Å². The highest BCUT2D eigenvalue weighted by atomic mass is 35.5. The lowest BCUT2D eigenvalue weighted by Gasteiger charge is -2.13. The van der Waals surface area contributed by atoms with Gasteiger partial charge in [0.2, 0.25) is 10.0 Å². The number of aromatic nitrogens is 1. The molecule has 1 aromatic rings. The van der Waals surface area contributed by atoms with Crippen LogP contribution in [-0.2, 0) is 15.9 Å². The van der Waals surface area contributed by atoms with Crippen molar-refractivity contribution in [3.8, 4) is 0 Å². The van der Waals surface area contributed by atoms with E-state index in [0.29, 0.717) is 17.3 Å². The summed E-state index contributed by atoms with van der Waals surface area (Å²) in [6, 6.07) is 1.84. The lowest BCUT2D eigenvalue weighted by Crippen LogP contribution is -2.26. The maximum absolute atomic E-state index is 12.1. The monoisotopic (exact) mass is 278 g/mol. The Morgan fingerprint density at radius 2 is 2.06 bits per heavy atom. The molecule has 98 valence electrons. The molecule has 0 fully saturated rings. The fourth-order valence-electron chi connectivity index (χ4n) is 1.58. The second-order valence-corrected chi connectivity index (χ2v) is 6.53. The van der Waals surface area contributed by atoms with Crippen LogP contribution in [0.2, 0.25) is 0 Å². The highest BCUT2D eigenvalue weighted by Gasteiger charge is 2.22. The minimum atomic E-state index is -3.38. The lowest BCUT2D eigenvalue weighted by molar-refractivity contribution is 0.485. The van der Waals surface area contributed by atoms with Crippen LogP contribution < -0.4 is 0 Å². The standard InChI is InChI=1S/C11H19ClN2O2S/c1-5-13(4)17(15,16)11-6-10(7-12)14(8-11)9(2)3/h6,8-9H,5,7H2,1-4H3. The van der Waals surface area contributed by atoms with E-state index in [0.717, 1.165) is 5.69 Å². The molecule has 1 heterocycles. The van der Waals surface area contributed by atoms with Gasteiger partial charge < -0.3 is 4.57 Å². The molecule has 1 rings (SSSR count). The molecule has 0 aromatic carbocycles. The molecule has 0 saturated carbocycles. The van der Waals surface area contributed by atoms with Gasteiger partial charge in [-0.3, -0.25) is 0 Å². The van der Waals surface area contributed by atoms with Crippen LogP contribution >= 0.6 is 11.6 Å². The molecule has 4 nitrogen and oxygen atoms in total. The molecule has 0 aliphatic heterocycles. The van der Waals surface area contributed by atoms with Gasteiger partial charge in [-0.1, -0.05) is 6.92 Å². The Kier molecular flexibility index (Phi) is 4.63. The molecule has 0 saturated heterocycles. The van der Waals surface area contributed by atoms with Crippen LogP contribution in [0.25, 0.3) is 0 Å². The zero-order chi connectivity index (χ0) is 13.2. The molecule has 0 unspecified atom stereocenters. The summed E-state index contributed by atoms with van der Waals surface area (Å²) in [4.78, 5) is 0.311. The van der Waals surface area contributed by atoms with E-state index in [4.69, 9.17) is 11.6 Å². The number of rotatable bonds is 5. The Morgan fingerprint density at radius 1 is 1.47 bits per heavy atom. The average Bonchev–Trinajstić information content (AvgIpc) is 2.72. The first kappa shape index (κ1) is 14.5. The van der Waals surface area contributed by atoms with Crippen LogP contribution in [0.15, 0.2) is 17.2 Å². The van der Waals surface area contributed by atoms with Gasteiger partial charge in [-0.15, -0.1) is 11.6 Å². The lowest BCUT2D eigenvalue weighted by atomic mass is 10.4. The molecule has 0 amide bonds. The van der Waals surface area contributed by atoms with E-state index >= 15 is 0 Å². The summed E-state index contributed by atoms with van der Waals surface area (Å²) in [5.41, 5.74) is 0.824. The summed E-state index contributed by atoms with van der Waals surface area (Å²) in [6.07, 6.45) is 1.66. The molecule has 0 radical (unpaired) electrons. The molecular formula is C11H19ClN2O2S. The summed E-state index contributed by atoms with van der Waals surface area (Å²) in [5, 5.41) is 0. The van der Waals surface area contributed by atoms with E-state index in [1.807, 2.05) is 18.4 Å². The predicted octanol–water partition coefficient (Wildman–Crippen LogP) is 2.45. The Morgan fingerprint density at radius 3 is 2.41 bits per heavy atom. The zero-order valence-electron chi connectivity index (χ0n) is 10.6. The minimum Gasteiger partial charge on any atom is -0.346 e. The SMILES string of the molecule is CCN(C)S(=O)(=O)c1cc(CCl)n(C(C)C)c1. The van der Waals surface area contributed by atoms with Crippen molar-refractivity contribution in [2.24, 2.45) is 0 Å². The largest absolute Gasteiger partial charge is 0.346 e. The molecule has 0 aliphatic carbocycles. The predicted molar refractivity (Wildman–Crippen MR) is 69.9 cm³/mol. The van der Waals surface area contributed by atoms with E-state index in [9.17, 15) is 8.42 Å². The first-order valence-electron chi connectivity index (χ1n) is 5.57. The molecule has 0 spiro atoms. The fraction of sp³-hybridized carbons (Fsp3) is 0.636. The van der Waals surface area contributed by atoms with Gasteiger partial charge >= 0.3 is 0 Å². The number of alkyl halides is 1. The number of hydrogen-bond donors (Lipinski definition) is 0. The Balaban J connectivity index is 3.25. The third-order valence-corrected chi connectivity index (χ3v) is 4.93. The van der Waals surface area contributed by atoms with Gasteiger partial charge in [-0.05, 0) is 19.9 Å². The first-order valence-corrected chi connectivity index (χ1v) is 7.55. The van der Waals surface area contributed by atoms with Crippen LogP contribution in [0.3, 0.4) is 0 Å². The Hall–Kier alpha value is -0.520. The number of halogens is 1. The Bertz CT molecular complexity index is 480. The summed E-state index contributed by atoms with van der Waals surface area (Å²) in [7, 11) is -1.81. The third kappa shape index (κ3) is 2.84. The topological polar surface area (TPSA) is 42.3 Å². The second-order valence-electron chi connectivity index (χ2n) is 4.22. The molecule has 1 aromatic heterocycles. The molecule has 0 atom stereocenters. The molecule has 17 heavy (non-hydrogen) atoms. The van der Waals surface area contributed by atoms with Crippen molar-refractivity contribution >= 4 is 21.6 Å². The van der Waals surface area contributed by atoms with Crippen LogP contribution in [0.4, 0.5) is 0 Å². The number of hydrogen-bond acceptors (Lipinski definition) is 2. The molecule has 6 heteroatoms. The van der Waals surface area contributed by atoms with Crippen LogP contribution in [0.5, 0.6) is 0 Å². The average molecular weight is 279 g/mol. The van der Waals surface area contributed by atoms with Gasteiger partial charge in [0, 0.05) is 31.5 Å². The maximum atomic E-state index is 12.1. The van der Waals surface area contributed by atoms with Crippen LogP contribution in [-0.4, -0.2) is 30.9 Å². The van der Waals surface area contributed by atoms with Gasteiger partial charge in [0.15, 0.2) is 0 Å². The van der Waals surface area contributed by atoms with Crippen LogP contribution in [0, 0.1) is 0 Å². The normalized spacial score (nSPS) is 12.6. The minimum absolute atomic E-state index is 0.194. The molecule has 0 bridgehead atoms. The highest BCUT2D eigenvalue weighted by molar-refractivity contribution is 7.89. The fourth-order valence-corrected chi connectivity index (χ4v) is 3.02. The van der Waals surface area contributed by atoms with E-state index in [-0.39, 0.29) is 6.04 Å². The van der Waals surface area contributed by atoms with Gasteiger partial charge in [0.1, 0.15) is 4.90 Å². The van der Waals surface area contributed by atoms with Gasteiger partial charge in [0.25, 0.3) is 0 Å². The van der Waals surface area contributed by atoms with E-state index in [2.05, 4.69) is 0 Å². The summed E-state index contributed by atoms with van der Waals surface area (Å²) < 4.78 is 27.5. The van der Waals surface area contributed by atoms with Crippen molar-refractivity contribution in [3.63, 3.8) is 0 Å². The van der Waals surface area contributed by atoms with Crippen LogP contribution in [0.1, 0.15) is 32.5 Å². The zero-order valence-corrected chi connectivity index (χ0v) is 12.2. The van der Waals surface area contributed by atoms with Crippen molar-refractivity contribution in [3.05, 3.63) is 18.0 Å². The number of nitrogens with zero attached hydrogens (tertiary/aromatic N) is 2. The molecular weight excluding hydrogens is 260 g/mol. The van der Waals surface area contributed by atoms with Gasteiger partial charge in [0.05, 0.1) is 5.88 Å². The highest BCUT2D eigenvalue weighted by Crippen LogP contribution is 2.22. The van der Waals surface area contributed by atoms with E-state index in [1.54, 1.807) is 26.2 Å². The first-order chi connectivity index (χ1) is 7.84. The van der Waals surface area contributed by atoms with Crippen molar-refractivity contribution in [2.75, 3.05) is 13.6 Å². The Labute approximate surface area is 108 Å². The third-order valence-electron chi connectivity index (χ3n) is 2.75. The summed E-state index contributed by atoms with van der Waals surface area (Å²) in [5.74, 6) is 0.309. The van der Waals surface area contributed by atoms with E-state index < -0.39 is 10.0 Å². The smallest absolute Gasteiger partial charge is 0.244 e.